The Hall–Kier alpha value is -4.48. The maximum Gasteiger partial charge on any atom is 0.393 e. The van der Waals surface area contributed by atoms with E-state index in [4.69, 9.17) is 9.47 Å². The first-order valence-electron chi connectivity index (χ1n) is 13.3. The van der Waals surface area contributed by atoms with Crippen molar-refractivity contribution in [1.82, 2.24) is 4.90 Å². The van der Waals surface area contributed by atoms with Gasteiger partial charge in [-0.1, -0.05) is 24.3 Å². The molecule has 42 heavy (non-hydrogen) atoms. The molecular formula is C30H30F4N4O4. The molecule has 1 saturated heterocycles. The fourth-order valence-electron chi connectivity index (χ4n) is 5.45. The standard InChI is InChI=1S/C30H30F4N4O4/c1-41-21-6-3-5-20(16-21)36-11-13-37(14-12-36)29-35-28-22(7-4-8-23(28)31)24(17-27(39)40)38(29)25-15-19(18-30(32,33)34)9-10-26(25)42-2/h3-10,15-16,24H,11-14,17-18H2,1-2H3,(H,39,40). The largest absolute Gasteiger partial charge is 0.497 e. The van der Waals surface area contributed by atoms with Crippen LogP contribution < -0.4 is 19.3 Å². The van der Waals surface area contributed by atoms with Crippen LogP contribution in [0.2, 0.25) is 0 Å². The molecule has 1 atom stereocenters. The van der Waals surface area contributed by atoms with Crippen molar-refractivity contribution in [3.05, 3.63) is 77.6 Å². The van der Waals surface area contributed by atoms with Gasteiger partial charge in [0.15, 0.2) is 0 Å². The number of carboxylic acid groups (broad SMARTS) is 1. The van der Waals surface area contributed by atoms with E-state index in [9.17, 15) is 23.1 Å². The van der Waals surface area contributed by atoms with Gasteiger partial charge in [0.05, 0.1) is 38.8 Å². The third kappa shape index (κ3) is 6.07. The minimum Gasteiger partial charge on any atom is -0.497 e. The van der Waals surface area contributed by atoms with Gasteiger partial charge in [0.25, 0.3) is 0 Å². The van der Waals surface area contributed by atoms with Crippen molar-refractivity contribution >= 4 is 29.0 Å². The maximum absolute atomic E-state index is 15.1. The van der Waals surface area contributed by atoms with E-state index in [1.807, 2.05) is 29.2 Å². The van der Waals surface area contributed by atoms with Crippen molar-refractivity contribution in [2.45, 2.75) is 25.1 Å². The number of carbonyl (C=O) groups is 1. The SMILES string of the molecule is COc1cccc(N2CCN(C3=Nc4c(F)cccc4C(CC(=O)O)N3c3cc(CC(F)(F)F)ccc3OC)CC2)c1. The molecule has 3 aromatic carbocycles. The summed E-state index contributed by atoms with van der Waals surface area (Å²) >= 11 is 0. The number of fused-ring (bicyclic) bond motifs is 1. The normalized spacial score (nSPS) is 17.0. The summed E-state index contributed by atoms with van der Waals surface area (Å²) in [6, 6.07) is 15.1. The second-order valence-corrected chi connectivity index (χ2v) is 10.0. The molecule has 0 radical (unpaired) electrons. The molecule has 1 N–H and O–H groups in total. The zero-order chi connectivity index (χ0) is 30.0. The number of para-hydroxylation sites is 1. The molecule has 1 unspecified atom stereocenters. The summed E-state index contributed by atoms with van der Waals surface area (Å²) in [5, 5.41) is 9.89. The van der Waals surface area contributed by atoms with Crippen molar-refractivity contribution < 1.29 is 36.9 Å². The molecule has 5 rings (SSSR count). The predicted octanol–water partition coefficient (Wildman–Crippen LogP) is 5.79. The number of ether oxygens (including phenoxy) is 2. The zero-order valence-electron chi connectivity index (χ0n) is 23.1. The first kappa shape index (κ1) is 29.0. The molecule has 3 aromatic rings. The summed E-state index contributed by atoms with van der Waals surface area (Å²) < 4.78 is 66.1. The highest BCUT2D eigenvalue weighted by Gasteiger charge is 2.39. The van der Waals surface area contributed by atoms with E-state index in [1.165, 1.54) is 37.4 Å². The Morgan fingerprint density at radius 3 is 2.36 bits per heavy atom. The van der Waals surface area contributed by atoms with Crippen LogP contribution in [0.5, 0.6) is 11.5 Å². The van der Waals surface area contributed by atoms with Crippen LogP contribution in [0.1, 0.15) is 23.6 Å². The summed E-state index contributed by atoms with van der Waals surface area (Å²) in [7, 11) is 2.98. The second-order valence-electron chi connectivity index (χ2n) is 10.0. The van der Waals surface area contributed by atoms with Gasteiger partial charge in [0.1, 0.15) is 23.0 Å². The van der Waals surface area contributed by atoms with Gasteiger partial charge in [0, 0.05) is 43.5 Å². The van der Waals surface area contributed by atoms with E-state index in [0.717, 1.165) is 5.69 Å². The zero-order valence-corrected chi connectivity index (χ0v) is 23.1. The highest BCUT2D eigenvalue weighted by Crippen LogP contribution is 2.45. The predicted molar refractivity (Wildman–Crippen MR) is 151 cm³/mol. The van der Waals surface area contributed by atoms with Crippen LogP contribution in [0.15, 0.2) is 65.7 Å². The minimum atomic E-state index is -4.46. The van der Waals surface area contributed by atoms with Gasteiger partial charge >= 0.3 is 12.1 Å². The van der Waals surface area contributed by atoms with E-state index >= 15 is 4.39 Å². The third-order valence-electron chi connectivity index (χ3n) is 7.37. The summed E-state index contributed by atoms with van der Waals surface area (Å²) in [4.78, 5) is 22.4. The molecule has 0 bridgehead atoms. The van der Waals surface area contributed by atoms with Gasteiger partial charge in [-0.15, -0.1) is 0 Å². The van der Waals surface area contributed by atoms with Crippen LogP contribution in [-0.4, -0.2) is 68.5 Å². The van der Waals surface area contributed by atoms with Crippen LogP contribution in [0.3, 0.4) is 0 Å². The number of rotatable bonds is 7. The lowest BCUT2D eigenvalue weighted by Crippen LogP contribution is -2.55. The molecule has 0 spiro atoms. The molecule has 222 valence electrons. The number of carboxylic acids is 1. The molecule has 0 amide bonds. The summed E-state index contributed by atoms with van der Waals surface area (Å²) in [6.45, 7) is 1.97. The van der Waals surface area contributed by atoms with E-state index < -0.39 is 36.8 Å². The topological polar surface area (TPSA) is 77.8 Å². The van der Waals surface area contributed by atoms with Crippen molar-refractivity contribution in [2.75, 3.05) is 50.2 Å². The number of guanidine groups is 1. The molecule has 0 aliphatic carbocycles. The molecule has 8 nitrogen and oxygen atoms in total. The summed E-state index contributed by atoms with van der Waals surface area (Å²) in [5.74, 6) is -0.583. The number of aliphatic imine (C=N–C) groups is 1. The Bertz CT molecular complexity index is 1490. The fraction of sp³-hybridized carbons (Fsp3) is 0.333. The minimum absolute atomic E-state index is 0.00985. The van der Waals surface area contributed by atoms with E-state index in [0.29, 0.717) is 37.5 Å². The van der Waals surface area contributed by atoms with Crippen LogP contribution >= 0.6 is 0 Å². The Morgan fingerprint density at radius 1 is 0.976 bits per heavy atom. The molecule has 12 heteroatoms. The highest BCUT2D eigenvalue weighted by molar-refractivity contribution is 6.02. The molecule has 0 saturated carbocycles. The van der Waals surface area contributed by atoms with Crippen LogP contribution in [0, 0.1) is 5.82 Å². The number of hydrogen-bond acceptors (Lipinski definition) is 7. The lowest BCUT2D eigenvalue weighted by molar-refractivity contribution is -0.137. The van der Waals surface area contributed by atoms with Crippen molar-refractivity contribution in [3.63, 3.8) is 0 Å². The lowest BCUT2D eigenvalue weighted by Gasteiger charge is -2.45. The van der Waals surface area contributed by atoms with Gasteiger partial charge in [-0.3, -0.25) is 4.79 Å². The molecular weight excluding hydrogens is 556 g/mol. The second kappa shape index (κ2) is 11.8. The van der Waals surface area contributed by atoms with E-state index in [1.54, 1.807) is 18.1 Å². The van der Waals surface area contributed by atoms with Gasteiger partial charge in [0.2, 0.25) is 5.96 Å². The lowest BCUT2D eigenvalue weighted by atomic mass is 9.96. The number of anilines is 2. The van der Waals surface area contributed by atoms with Gasteiger partial charge in [-0.2, -0.15) is 13.2 Å². The van der Waals surface area contributed by atoms with E-state index in [2.05, 4.69) is 9.89 Å². The molecule has 0 aromatic heterocycles. The van der Waals surface area contributed by atoms with Crippen LogP contribution in [0.25, 0.3) is 0 Å². The number of nitrogens with zero attached hydrogens (tertiary/aromatic N) is 4. The third-order valence-corrected chi connectivity index (χ3v) is 7.37. The quantitative estimate of drug-likeness (QED) is 0.351. The van der Waals surface area contributed by atoms with Crippen molar-refractivity contribution in [2.24, 2.45) is 4.99 Å². The fourth-order valence-corrected chi connectivity index (χ4v) is 5.45. The Morgan fingerprint density at radius 2 is 1.69 bits per heavy atom. The Labute approximate surface area is 240 Å². The van der Waals surface area contributed by atoms with Crippen LogP contribution in [-0.2, 0) is 11.2 Å². The number of piperazine rings is 1. The molecule has 2 heterocycles. The first-order chi connectivity index (χ1) is 20.1. The Kier molecular flexibility index (Phi) is 8.15. The Balaban J connectivity index is 1.59. The highest BCUT2D eigenvalue weighted by atomic mass is 19.4. The van der Waals surface area contributed by atoms with Gasteiger partial charge < -0.3 is 29.3 Å². The van der Waals surface area contributed by atoms with Crippen LogP contribution in [0.4, 0.5) is 34.6 Å². The van der Waals surface area contributed by atoms with E-state index in [-0.39, 0.29) is 28.6 Å². The smallest absolute Gasteiger partial charge is 0.393 e. The first-order valence-corrected chi connectivity index (χ1v) is 13.3. The van der Waals surface area contributed by atoms with Crippen molar-refractivity contribution in [3.8, 4) is 11.5 Å². The number of benzene rings is 3. The average molecular weight is 587 g/mol. The molecule has 1 fully saturated rings. The number of alkyl halides is 3. The number of halogens is 4. The van der Waals surface area contributed by atoms with Gasteiger partial charge in [-0.25, -0.2) is 9.38 Å². The number of aliphatic carboxylic acids is 1. The average Bonchev–Trinajstić information content (AvgIpc) is 2.96. The number of hydrogen-bond donors (Lipinski definition) is 1. The monoisotopic (exact) mass is 586 g/mol. The van der Waals surface area contributed by atoms with Gasteiger partial charge in [-0.05, 0) is 35.9 Å². The number of methoxy groups -OCH3 is 2. The van der Waals surface area contributed by atoms with Crippen molar-refractivity contribution in [1.29, 1.82) is 0 Å². The summed E-state index contributed by atoms with van der Waals surface area (Å²) in [5.41, 5.74) is 1.47. The molecule has 2 aliphatic rings. The molecule has 2 aliphatic heterocycles. The maximum atomic E-state index is 15.1. The summed E-state index contributed by atoms with van der Waals surface area (Å²) in [6.07, 6.45) is -6.10.